The molecule has 0 aliphatic carbocycles. The van der Waals surface area contributed by atoms with Gasteiger partial charge in [-0.15, -0.1) is 0 Å². The van der Waals surface area contributed by atoms with Gasteiger partial charge in [-0.2, -0.15) is 5.26 Å². The fourth-order valence-corrected chi connectivity index (χ4v) is 2.40. The zero-order valence-corrected chi connectivity index (χ0v) is 13.1. The van der Waals surface area contributed by atoms with E-state index in [4.69, 9.17) is 5.26 Å². The molecule has 1 heterocycles. The van der Waals surface area contributed by atoms with Crippen LogP contribution in [0.25, 0.3) is 0 Å². The Kier molecular flexibility index (Phi) is 8.78. The number of rotatable bonds is 11. The number of aromatic nitrogens is 2. The predicted molar refractivity (Wildman–Crippen MR) is 83.5 cm³/mol. The lowest BCUT2D eigenvalue weighted by Gasteiger charge is -2.01. The summed E-state index contributed by atoms with van der Waals surface area (Å²) in [7, 11) is 0. The second-order valence-electron chi connectivity index (χ2n) is 5.71. The molecule has 0 fully saturated rings. The van der Waals surface area contributed by atoms with Crippen molar-refractivity contribution in [3.63, 3.8) is 0 Å². The summed E-state index contributed by atoms with van der Waals surface area (Å²) < 4.78 is 0. The average Bonchev–Trinajstić information content (AvgIpc) is 2.93. The van der Waals surface area contributed by atoms with Crippen molar-refractivity contribution in [3.05, 3.63) is 17.7 Å². The molecule has 0 aliphatic rings. The van der Waals surface area contributed by atoms with Gasteiger partial charge in [0.05, 0.1) is 17.7 Å². The first kappa shape index (κ1) is 16.8. The quantitative estimate of drug-likeness (QED) is 0.570. The molecule has 1 N–H and O–H groups in total. The molecule has 3 heteroatoms. The van der Waals surface area contributed by atoms with Gasteiger partial charge in [-0.25, -0.2) is 4.98 Å². The number of H-pyrrole nitrogens is 1. The number of hydrogen-bond acceptors (Lipinski definition) is 2. The van der Waals surface area contributed by atoms with Gasteiger partial charge in [0.1, 0.15) is 5.82 Å². The van der Waals surface area contributed by atoms with Crippen molar-refractivity contribution in [2.75, 3.05) is 0 Å². The summed E-state index contributed by atoms with van der Waals surface area (Å²) in [5, 5.41) is 8.85. The highest BCUT2D eigenvalue weighted by Gasteiger charge is 2.07. The minimum absolute atomic E-state index is 0.0839. The zero-order chi connectivity index (χ0) is 14.6. The fourth-order valence-electron chi connectivity index (χ4n) is 2.40. The normalized spacial score (nSPS) is 12.2. The molecule has 1 aromatic heterocycles. The topological polar surface area (TPSA) is 52.5 Å². The monoisotopic (exact) mass is 275 g/mol. The Morgan fingerprint density at radius 1 is 1.10 bits per heavy atom. The van der Waals surface area contributed by atoms with Gasteiger partial charge >= 0.3 is 0 Å². The van der Waals surface area contributed by atoms with E-state index in [-0.39, 0.29) is 5.92 Å². The molecule has 0 amide bonds. The second-order valence-corrected chi connectivity index (χ2v) is 5.71. The van der Waals surface area contributed by atoms with Crippen LogP contribution in [0.15, 0.2) is 6.20 Å². The molecule has 0 spiro atoms. The Morgan fingerprint density at radius 2 is 1.70 bits per heavy atom. The number of imidazole rings is 1. The van der Waals surface area contributed by atoms with Gasteiger partial charge in [0.15, 0.2) is 0 Å². The van der Waals surface area contributed by atoms with Crippen LogP contribution < -0.4 is 0 Å². The van der Waals surface area contributed by atoms with Gasteiger partial charge in [0.25, 0.3) is 0 Å². The standard InChI is InChI=1S/C17H29N3/c1-3-4-5-6-7-8-9-10-11-12-17-19-14-16(20-17)15(2)13-18/h14-15H,3-12H2,1-2H3,(H,19,20). The number of unbranched alkanes of at least 4 members (excludes halogenated alkanes) is 8. The lowest BCUT2D eigenvalue weighted by atomic mass is 10.1. The molecule has 1 atom stereocenters. The van der Waals surface area contributed by atoms with E-state index in [1.165, 1.54) is 57.8 Å². The summed E-state index contributed by atoms with van der Waals surface area (Å²) in [5.74, 6) is 0.949. The Bertz CT molecular complexity index is 389. The molecule has 1 unspecified atom stereocenters. The average molecular weight is 275 g/mol. The van der Waals surface area contributed by atoms with E-state index < -0.39 is 0 Å². The number of nitrogens with zero attached hydrogens (tertiary/aromatic N) is 2. The maximum atomic E-state index is 8.85. The first-order valence-electron chi connectivity index (χ1n) is 8.21. The van der Waals surface area contributed by atoms with Crippen LogP contribution in [-0.4, -0.2) is 9.97 Å². The molecule has 112 valence electrons. The molecule has 3 nitrogen and oxygen atoms in total. The van der Waals surface area contributed by atoms with Gasteiger partial charge in [-0.1, -0.05) is 58.3 Å². The van der Waals surface area contributed by atoms with E-state index in [0.29, 0.717) is 0 Å². The highest BCUT2D eigenvalue weighted by molar-refractivity contribution is 5.13. The van der Waals surface area contributed by atoms with Gasteiger partial charge in [0, 0.05) is 12.6 Å². The largest absolute Gasteiger partial charge is 0.345 e. The first-order valence-corrected chi connectivity index (χ1v) is 8.21. The van der Waals surface area contributed by atoms with Crippen molar-refractivity contribution in [3.8, 4) is 6.07 Å². The van der Waals surface area contributed by atoms with Crippen LogP contribution in [0, 0.1) is 11.3 Å². The van der Waals surface area contributed by atoms with Crippen LogP contribution in [0.4, 0.5) is 0 Å². The summed E-state index contributed by atoms with van der Waals surface area (Å²) in [6.45, 7) is 4.16. The Hall–Kier alpha value is -1.30. The van der Waals surface area contributed by atoms with Gasteiger partial charge in [0.2, 0.25) is 0 Å². The Morgan fingerprint density at radius 3 is 2.30 bits per heavy atom. The molecule has 0 aliphatic heterocycles. The van der Waals surface area contributed by atoms with Crippen LogP contribution in [-0.2, 0) is 6.42 Å². The fraction of sp³-hybridized carbons (Fsp3) is 0.765. The van der Waals surface area contributed by atoms with Crippen LogP contribution >= 0.6 is 0 Å². The summed E-state index contributed by atoms with van der Waals surface area (Å²) in [6.07, 6.45) is 14.9. The maximum Gasteiger partial charge on any atom is 0.106 e. The van der Waals surface area contributed by atoms with Crippen molar-refractivity contribution in [1.29, 1.82) is 5.26 Å². The highest BCUT2D eigenvalue weighted by atomic mass is 14.9. The molecule has 1 aromatic rings. The molecular formula is C17H29N3. The zero-order valence-electron chi connectivity index (χ0n) is 13.1. The second kappa shape index (κ2) is 10.5. The van der Waals surface area contributed by atoms with E-state index in [0.717, 1.165) is 17.9 Å². The predicted octanol–water partition coefficient (Wildman–Crippen LogP) is 5.11. The van der Waals surface area contributed by atoms with Gasteiger partial charge < -0.3 is 4.98 Å². The van der Waals surface area contributed by atoms with Crippen molar-refractivity contribution >= 4 is 0 Å². The SMILES string of the molecule is CCCCCCCCCCCc1ncc(C(C)C#N)[nH]1. The minimum Gasteiger partial charge on any atom is -0.345 e. The molecule has 0 radical (unpaired) electrons. The first-order chi connectivity index (χ1) is 9.77. The van der Waals surface area contributed by atoms with E-state index in [9.17, 15) is 0 Å². The third-order valence-electron chi connectivity index (χ3n) is 3.83. The molecule has 20 heavy (non-hydrogen) atoms. The third kappa shape index (κ3) is 6.75. The Balaban J connectivity index is 2.01. The molecular weight excluding hydrogens is 246 g/mol. The Labute approximate surface area is 123 Å². The van der Waals surface area contributed by atoms with Crippen LogP contribution in [0.2, 0.25) is 0 Å². The number of hydrogen-bond donors (Lipinski definition) is 1. The third-order valence-corrected chi connectivity index (χ3v) is 3.83. The van der Waals surface area contributed by atoms with Crippen molar-refractivity contribution in [1.82, 2.24) is 9.97 Å². The van der Waals surface area contributed by atoms with E-state index in [1.54, 1.807) is 6.20 Å². The molecule has 1 rings (SSSR count). The number of aryl methyl sites for hydroxylation is 1. The van der Waals surface area contributed by atoms with Crippen molar-refractivity contribution in [2.45, 2.75) is 84.0 Å². The molecule has 0 saturated heterocycles. The lowest BCUT2D eigenvalue weighted by molar-refractivity contribution is 0.562. The smallest absolute Gasteiger partial charge is 0.106 e. The van der Waals surface area contributed by atoms with Gasteiger partial charge in [-0.05, 0) is 13.3 Å². The molecule has 0 bridgehead atoms. The molecule has 0 saturated carbocycles. The summed E-state index contributed by atoms with van der Waals surface area (Å²) >= 11 is 0. The van der Waals surface area contributed by atoms with Crippen LogP contribution in [0.3, 0.4) is 0 Å². The van der Waals surface area contributed by atoms with Crippen molar-refractivity contribution < 1.29 is 0 Å². The summed E-state index contributed by atoms with van der Waals surface area (Å²) in [4.78, 5) is 7.60. The van der Waals surface area contributed by atoms with Gasteiger partial charge in [-0.3, -0.25) is 0 Å². The number of aromatic amines is 1. The number of nitrogens with one attached hydrogen (secondary N) is 1. The maximum absolute atomic E-state index is 8.85. The summed E-state index contributed by atoms with van der Waals surface area (Å²) in [5.41, 5.74) is 0.943. The van der Waals surface area contributed by atoms with E-state index in [1.807, 2.05) is 6.92 Å². The van der Waals surface area contributed by atoms with Crippen molar-refractivity contribution in [2.24, 2.45) is 0 Å². The minimum atomic E-state index is -0.0839. The van der Waals surface area contributed by atoms with Crippen LogP contribution in [0.1, 0.15) is 89.1 Å². The lowest BCUT2D eigenvalue weighted by Crippen LogP contribution is -1.92. The summed E-state index contributed by atoms with van der Waals surface area (Å²) in [6, 6.07) is 2.23. The van der Waals surface area contributed by atoms with Crippen LogP contribution in [0.5, 0.6) is 0 Å². The number of nitriles is 1. The van der Waals surface area contributed by atoms with E-state index in [2.05, 4.69) is 23.0 Å². The van der Waals surface area contributed by atoms with E-state index >= 15 is 0 Å². The highest BCUT2D eigenvalue weighted by Crippen LogP contribution is 2.13. The molecule has 0 aromatic carbocycles.